The van der Waals surface area contributed by atoms with E-state index in [2.05, 4.69) is 15.3 Å². The van der Waals surface area contributed by atoms with Crippen LogP contribution in [0.5, 0.6) is 5.75 Å². The second-order valence-corrected chi connectivity index (χ2v) is 9.25. The van der Waals surface area contributed by atoms with Gasteiger partial charge in [0.2, 0.25) is 5.16 Å². The molecule has 1 heterocycles. The number of hydrogen-bond acceptors (Lipinski definition) is 5. The van der Waals surface area contributed by atoms with Crippen molar-refractivity contribution in [1.82, 2.24) is 14.9 Å². The van der Waals surface area contributed by atoms with Gasteiger partial charge in [-0.1, -0.05) is 70.8 Å². The van der Waals surface area contributed by atoms with E-state index in [1.165, 1.54) is 11.8 Å². The van der Waals surface area contributed by atoms with Gasteiger partial charge in [0.05, 0.1) is 6.21 Å². The van der Waals surface area contributed by atoms with Gasteiger partial charge >= 0.3 is 0 Å². The van der Waals surface area contributed by atoms with E-state index in [0.29, 0.717) is 38.4 Å². The van der Waals surface area contributed by atoms with Crippen molar-refractivity contribution in [3.8, 4) is 5.75 Å². The first kappa shape index (κ1) is 23.6. The molecule has 0 spiro atoms. The van der Waals surface area contributed by atoms with E-state index in [9.17, 15) is 0 Å². The lowest BCUT2D eigenvalue weighted by atomic mass is 10.2. The summed E-state index contributed by atoms with van der Waals surface area (Å²) in [7, 11) is 0. The third-order valence-corrected chi connectivity index (χ3v) is 6.62. The molecule has 0 amide bonds. The highest BCUT2D eigenvalue weighted by Crippen LogP contribution is 2.28. The standard InChI is InChI=1S/C24H19Cl3N4OS/c1-16-29-30-24(33-15-19-8-9-20(25)12-23(19)27)31(16)28-13-17-6-10-21(11-7-17)32-14-18-4-2-3-5-22(18)26/h2-13H,14-15H2,1H3/b28-13+. The highest BCUT2D eigenvalue weighted by molar-refractivity contribution is 7.98. The van der Waals surface area contributed by atoms with Crippen molar-refractivity contribution in [2.24, 2.45) is 5.10 Å². The van der Waals surface area contributed by atoms with Crippen LogP contribution in [0, 0.1) is 6.92 Å². The van der Waals surface area contributed by atoms with Crippen molar-refractivity contribution in [3.63, 3.8) is 0 Å². The first-order valence-electron chi connectivity index (χ1n) is 9.99. The number of nitrogens with zero attached hydrogens (tertiary/aromatic N) is 4. The molecule has 0 radical (unpaired) electrons. The Kier molecular flexibility index (Phi) is 7.93. The number of ether oxygens (including phenoxy) is 1. The Bertz CT molecular complexity index is 1280. The Balaban J connectivity index is 1.39. The molecule has 0 atom stereocenters. The van der Waals surface area contributed by atoms with Gasteiger partial charge in [-0.15, -0.1) is 10.2 Å². The van der Waals surface area contributed by atoms with E-state index >= 15 is 0 Å². The molecule has 0 aliphatic carbocycles. The monoisotopic (exact) mass is 516 g/mol. The maximum atomic E-state index is 6.27. The predicted octanol–water partition coefficient (Wildman–Crippen LogP) is 7.30. The van der Waals surface area contributed by atoms with E-state index in [1.807, 2.05) is 67.6 Å². The maximum absolute atomic E-state index is 6.27. The van der Waals surface area contributed by atoms with Crippen molar-refractivity contribution in [1.29, 1.82) is 0 Å². The van der Waals surface area contributed by atoms with E-state index in [4.69, 9.17) is 39.5 Å². The molecule has 168 valence electrons. The van der Waals surface area contributed by atoms with Gasteiger partial charge in [-0.25, -0.2) is 0 Å². The van der Waals surface area contributed by atoms with Crippen molar-refractivity contribution >= 4 is 52.8 Å². The van der Waals surface area contributed by atoms with Gasteiger partial charge in [-0.2, -0.15) is 9.78 Å². The van der Waals surface area contributed by atoms with Gasteiger partial charge in [0.25, 0.3) is 0 Å². The van der Waals surface area contributed by atoms with E-state index in [-0.39, 0.29) is 0 Å². The maximum Gasteiger partial charge on any atom is 0.212 e. The van der Waals surface area contributed by atoms with Gasteiger partial charge in [0.1, 0.15) is 12.4 Å². The Morgan fingerprint density at radius 2 is 1.73 bits per heavy atom. The molecular weight excluding hydrogens is 499 g/mol. The number of thioether (sulfide) groups is 1. The smallest absolute Gasteiger partial charge is 0.212 e. The summed E-state index contributed by atoms with van der Waals surface area (Å²) >= 11 is 19.9. The topological polar surface area (TPSA) is 52.3 Å². The van der Waals surface area contributed by atoms with Crippen LogP contribution in [0.4, 0.5) is 0 Å². The fourth-order valence-electron chi connectivity index (χ4n) is 2.89. The van der Waals surface area contributed by atoms with E-state index in [0.717, 1.165) is 22.4 Å². The van der Waals surface area contributed by atoms with Crippen LogP contribution in [-0.4, -0.2) is 21.1 Å². The molecule has 0 aliphatic rings. The van der Waals surface area contributed by atoms with Crippen LogP contribution < -0.4 is 4.74 Å². The molecule has 1 aromatic heterocycles. The van der Waals surface area contributed by atoms with Crippen molar-refractivity contribution < 1.29 is 4.74 Å². The molecule has 9 heteroatoms. The van der Waals surface area contributed by atoms with Crippen molar-refractivity contribution in [2.45, 2.75) is 24.4 Å². The third-order valence-electron chi connectivity index (χ3n) is 4.69. The number of benzene rings is 3. The number of aryl methyl sites for hydroxylation is 1. The second kappa shape index (κ2) is 11.1. The number of hydrogen-bond donors (Lipinski definition) is 0. The summed E-state index contributed by atoms with van der Waals surface area (Å²) in [5.41, 5.74) is 2.83. The van der Waals surface area contributed by atoms with E-state index < -0.39 is 0 Å². The van der Waals surface area contributed by atoms with Crippen LogP contribution in [0.25, 0.3) is 0 Å². The van der Waals surface area contributed by atoms with Crippen LogP contribution in [0.3, 0.4) is 0 Å². The minimum atomic E-state index is 0.408. The zero-order valence-electron chi connectivity index (χ0n) is 17.6. The lowest BCUT2D eigenvalue weighted by Gasteiger charge is -2.08. The summed E-state index contributed by atoms with van der Waals surface area (Å²) in [5, 5.41) is 15.5. The average Bonchev–Trinajstić information content (AvgIpc) is 3.16. The molecule has 0 fully saturated rings. The van der Waals surface area contributed by atoms with E-state index in [1.54, 1.807) is 17.0 Å². The Morgan fingerprint density at radius 1 is 0.939 bits per heavy atom. The molecule has 5 nitrogen and oxygen atoms in total. The molecule has 3 aromatic carbocycles. The molecule has 0 N–H and O–H groups in total. The van der Waals surface area contributed by atoms with Crippen LogP contribution >= 0.6 is 46.6 Å². The number of halogens is 3. The number of rotatable bonds is 8. The minimum Gasteiger partial charge on any atom is -0.489 e. The normalized spacial score (nSPS) is 11.3. The summed E-state index contributed by atoms with van der Waals surface area (Å²) in [6.07, 6.45) is 1.76. The zero-order valence-corrected chi connectivity index (χ0v) is 20.7. The van der Waals surface area contributed by atoms with Crippen LogP contribution in [0.15, 0.2) is 77.0 Å². The summed E-state index contributed by atoms with van der Waals surface area (Å²) in [5.74, 6) is 2.07. The minimum absolute atomic E-state index is 0.408. The Labute approximate surface area is 211 Å². The van der Waals surface area contributed by atoms with Crippen molar-refractivity contribution in [3.05, 3.63) is 104 Å². The molecule has 0 saturated heterocycles. The fraction of sp³-hybridized carbons (Fsp3) is 0.125. The molecule has 0 saturated carbocycles. The van der Waals surface area contributed by atoms with Crippen LogP contribution in [0.2, 0.25) is 15.1 Å². The average molecular weight is 518 g/mol. The highest BCUT2D eigenvalue weighted by atomic mass is 35.5. The van der Waals surface area contributed by atoms with Gasteiger partial charge in [-0.05, 0) is 60.5 Å². The zero-order chi connectivity index (χ0) is 23.2. The number of aromatic nitrogens is 3. The summed E-state index contributed by atoms with van der Waals surface area (Å²) in [4.78, 5) is 0. The molecular formula is C24H19Cl3N4OS. The lowest BCUT2D eigenvalue weighted by Crippen LogP contribution is -1.98. The molecule has 0 unspecified atom stereocenters. The molecule has 0 aliphatic heterocycles. The summed E-state index contributed by atoms with van der Waals surface area (Å²) in [6.45, 7) is 2.26. The molecule has 4 aromatic rings. The first-order valence-corrected chi connectivity index (χ1v) is 12.1. The molecule has 4 rings (SSSR count). The highest BCUT2D eigenvalue weighted by Gasteiger charge is 2.10. The predicted molar refractivity (Wildman–Crippen MR) is 136 cm³/mol. The van der Waals surface area contributed by atoms with Crippen LogP contribution in [-0.2, 0) is 12.4 Å². The SMILES string of the molecule is Cc1nnc(SCc2ccc(Cl)cc2Cl)n1/N=C/c1ccc(OCc2ccccc2Cl)cc1. The molecule has 33 heavy (non-hydrogen) atoms. The van der Waals surface area contributed by atoms with Gasteiger partial charge in [0, 0.05) is 26.4 Å². The van der Waals surface area contributed by atoms with Gasteiger partial charge in [-0.3, -0.25) is 0 Å². The second-order valence-electron chi connectivity index (χ2n) is 7.06. The summed E-state index contributed by atoms with van der Waals surface area (Å²) < 4.78 is 7.54. The fourth-order valence-corrected chi connectivity index (χ4v) is 4.57. The summed E-state index contributed by atoms with van der Waals surface area (Å²) in [6, 6.07) is 20.8. The Morgan fingerprint density at radius 3 is 2.48 bits per heavy atom. The molecule has 0 bridgehead atoms. The Hall–Kier alpha value is -2.51. The van der Waals surface area contributed by atoms with Crippen molar-refractivity contribution in [2.75, 3.05) is 0 Å². The lowest BCUT2D eigenvalue weighted by molar-refractivity contribution is 0.306. The quantitative estimate of drug-likeness (QED) is 0.182. The largest absolute Gasteiger partial charge is 0.489 e. The van der Waals surface area contributed by atoms with Gasteiger partial charge in [0.15, 0.2) is 5.82 Å². The first-order chi connectivity index (χ1) is 16.0. The third kappa shape index (κ3) is 6.30. The van der Waals surface area contributed by atoms with Gasteiger partial charge < -0.3 is 4.74 Å². The van der Waals surface area contributed by atoms with Crippen LogP contribution in [0.1, 0.15) is 22.5 Å².